The number of phenols is 1. The van der Waals surface area contributed by atoms with Crippen molar-refractivity contribution in [1.82, 2.24) is 5.32 Å². The SMILES string of the molecule is C=CS(=O)(=O)CCNC(=O)c1cccc(N=Nc2c(S(=O)(=O)O)cc3cc(S(=O)(=O)O)c(N=Nc4ccc(S(=O)(=O)C=C)cc4)c(N)c3c2O)c1. The maximum atomic E-state index is 12.5. The number of fused-ring (bicyclic) bond motifs is 1. The Hall–Kier alpha value is -5.39. The van der Waals surface area contributed by atoms with Gasteiger partial charge in [0.2, 0.25) is 0 Å². The molecule has 22 heteroatoms. The van der Waals surface area contributed by atoms with Gasteiger partial charge in [0.25, 0.3) is 26.1 Å². The highest BCUT2D eigenvalue weighted by Crippen LogP contribution is 2.48. The Bertz CT molecular complexity index is 2610. The molecule has 0 saturated carbocycles. The fourth-order valence-corrected chi connectivity index (χ4v) is 6.91. The van der Waals surface area contributed by atoms with E-state index < -0.39 is 94.9 Å². The van der Waals surface area contributed by atoms with E-state index in [9.17, 15) is 52.7 Å². The molecule has 0 saturated heterocycles. The molecular weight excluding hydrogens is 753 g/mol. The van der Waals surface area contributed by atoms with Crippen molar-refractivity contribution >= 4 is 85.0 Å². The Labute approximate surface area is 291 Å². The van der Waals surface area contributed by atoms with Crippen molar-refractivity contribution in [3.05, 3.63) is 90.2 Å². The monoisotopic (exact) mass is 778 g/mol. The van der Waals surface area contributed by atoms with E-state index in [2.05, 4.69) is 38.9 Å². The summed E-state index contributed by atoms with van der Waals surface area (Å²) >= 11 is 0. The fourth-order valence-electron chi connectivity index (χ4n) is 4.32. The third-order valence-corrected chi connectivity index (χ3v) is 11.2. The van der Waals surface area contributed by atoms with Gasteiger partial charge in [-0.3, -0.25) is 13.9 Å². The van der Waals surface area contributed by atoms with Gasteiger partial charge < -0.3 is 16.2 Å². The molecule has 0 radical (unpaired) electrons. The lowest BCUT2D eigenvalue weighted by Gasteiger charge is -2.14. The highest BCUT2D eigenvalue weighted by molar-refractivity contribution is 7.94. The number of nitrogens with zero attached hydrogens (tertiary/aromatic N) is 4. The molecule has 51 heavy (non-hydrogen) atoms. The number of nitrogens with two attached hydrogens (primary N) is 1. The van der Waals surface area contributed by atoms with Crippen LogP contribution in [-0.4, -0.2) is 66.1 Å². The van der Waals surface area contributed by atoms with Crippen LogP contribution in [0.4, 0.5) is 28.4 Å². The average molecular weight is 779 g/mol. The predicted octanol–water partition coefficient (Wildman–Crippen LogP) is 4.66. The molecule has 4 rings (SSSR count). The van der Waals surface area contributed by atoms with Crippen molar-refractivity contribution in [3.63, 3.8) is 0 Å². The van der Waals surface area contributed by atoms with E-state index in [-0.39, 0.29) is 28.4 Å². The topological polar surface area (TPSA) is 302 Å². The lowest BCUT2D eigenvalue weighted by Crippen LogP contribution is -2.28. The van der Waals surface area contributed by atoms with E-state index >= 15 is 0 Å². The number of phenolic OH excluding ortho intramolecular Hbond substituents is 1. The Balaban J connectivity index is 1.83. The van der Waals surface area contributed by atoms with Gasteiger partial charge in [-0.1, -0.05) is 19.2 Å². The number of azo groups is 2. The van der Waals surface area contributed by atoms with E-state index in [1.54, 1.807) is 0 Å². The molecule has 0 fully saturated rings. The molecule has 0 unspecified atom stereocenters. The number of hydrogen-bond donors (Lipinski definition) is 5. The number of sulfone groups is 2. The summed E-state index contributed by atoms with van der Waals surface area (Å²) in [6, 6.07) is 11.4. The lowest BCUT2D eigenvalue weighted by molar-refractivity contribution is 0.0956. The average Bonchev–Trinajstić information content (AvgIpc) is 3.06. The van der Waals surface area contributed by atoms with Crippen LogP contribution in [0.25, 0.3) is 10.8 Å². The zero-order valence-electron chi connectivity index (χ0n) is 25.8. The van der Waals surface area contributed by atoms with Gasteiger partial charge in [0, 0.05) is 22.9 Å². The molecule has 1 amide bonds. The Morgan fingerprint density at radius 2 is 1.33 bits per heavy atom. The number of nitrogens with one attached hydrogen (secondary N) is 1. The van der Waals surface area contributed by atoms with Crippen LogP contribution >= 0.6 is 0 Å². The van der Waals surface area contributed by atoms with E-state index in [4.69, 9.17) is 5.73 Å². The van der Waals surface area contributed by atoms with Gasteiger partial charge in [-0.15, -0.1) is 10.2 Å². The van der Waals surface area contributed by atoms with Crippen molar-refractivity contribution in [2.75, 3.05) is 18.0 Å². The minimum absolute atomic E-state index is 0.00283. The van der Waals surface area contributed by atoms with Crippen molar-refractivity contribution in [2.45, 2.75) is 14.7 Å². The van der Waals surface area contributed by atoms with Crippen LogP contribution in [-0.2, 0) is 39.9 Å². The smallest absolute Gasteiger partial charge is 0.296 e. The first-order valence-electron chi connectivity index (χ1n) is 13.8. The van der Waals surface area contributed by atoms with E-state index in [0.29, 0.717) is 12.1 Å². The second-order valence-electron chi connectivity index (χ2n) is 10.2. The molecule has 4 aromatic rings. The summed E-state index contributed by atoms with van der Waals surface area (Å²) in [5, 5.41) is 29.5. The number of amides is 1. The number of rotatable bonds is 13. The highest BCUT2D eigenvalue weighted by atomic mass is 32.2. The van der Waals surface area contributed by atoms with Gasteiger partial charge in [0.05, 0.1) is 33.1 Å². The van der Waals surface area contributed by atoms with Crippen molar-refractivity contribution in [2.24, 2.45) is 20.5 Å². The predicted molar refractivity (Wildman–Crippen MR) is 185 cm³/mol. The molecule has 0 spiro atoms. The molecule has 0 heterocycles. The van der Waals surface area contributed by atoms with Crippen molar-refractivity contribution in [1.29, 1.82) is 0 Å². The first-order valence-corrected chi connectivity index (χ1v) is 19.9. The van der Waals surface area contributed by atoms with Crippen LogP contribution in [0.15, 0.2) is 120 Å². The first kappa shape index (κ1) is 38.4. The van der Waals surface area contributed by atoms with Crippen LogP contribution < -0.4 is 11.1 Å². The molecular formula is C29H26N6O12S4. The molecule has 0 aliphatic heterocycles. The first-order chi connectivity index (χ1) is 23.7. The van der Waals surface area contributed by atoms with Crippen LogP contribution in [0, 0.1) is 0 Å². The minimum Gasteiger partial charge on any atom is -0.505 e. The number of nitrogen functional groups attached to an aromatic ring is 1. The van der Waals surface area contributed by atoms with Gasteiger partial charge in [-0.2, -0.15) is 27.1 Å². The normalized spacial score (nSPS) is 12.7. The van der Waals surface area contributed by atoms with Gasteiger partial charge in [-0.05, 0) is 60.0 Å². The van der Waals surface area contributed by atoms with E-state index in [1.807, 2.05) is 0 Å². The van der Waals surface area contributed by atoms with Crippen LogP contribution in [0.5, 0.6) is 5.75 Å². The molecule has 268 valence electrons. The van der Waals surface area contributed by atoms with Gasteiger partial charge in [0.1, 0.15) is 21.2 Å². The molecule has 0 aromatic heterocycles. The zero-order valence-corrected chi connectivity index (χ0v) is 29.0. The van der Waals surface area contributed by atoms with Gasteiger partial charge in [-0.25, -0.2) is 16.8 Å². The number of anilines is 1. The number of aromatic hydroxyl groups is 1. The summed E-state index contributed by atoms with van der Waals surface area (Å²) in [5.74, 6) is -2.13. The summed E-state index contributed by atoms with van der Waals surface area (Å²) in [6.07, 6.45) is 0. The van der Waals surface area contributed by atoms with E-state index in [1.165, 1.54) is 36.4 Å². The van der Waals surface area contributed by atoms with E-state index in [0.717, 1.165) is 22.9 Å². The number of hydrogen-bond acceptors (Lipinski definition) is 15. The maximum Gasteiger partial charge on any atom is 0.296 e. The third kappa shape index (κ3) is 8.86. The van der Waals surface area contributed by atoms with Crippen molar-refractivity contribution in [3.8, 4) is 5.75 Å². The number of benzene rings is 4. The lowest BCUT2D eigenvalue weighted by atomic mass is 10.1. The standard InChI is InChI=1S/C29H26N6O12S4/c1-3-48(38,39)13-12-31-29(37)17-6-5-7-20(14-17)33-35-27-23(51(45,46)47)16-18-15-22(50(42,43)44)26(25(30)24(18)28(27)36)34-32-19-8-10-21(11-9-19)49(40,41)4-2/h3-11,14-16,36H,1-2,12-13,30H2,(H,31,37)(H,42,43,44)(H,45,46,47). The Morgan fingerprint density at radius 3 is 1.90 bits per heavy atom. The third-order valence-electron chi connectivity index (χ3n) is 6.82. The summed E-state index contributed by atoms with van der Waals surface area (Å²) in [6.45, 7) is 6.16. The van der Waals surface area contributed by atoms with Crippen LogP contribution in [0.1, 0.15) is 10.4 Å². The summed E-state index contributed by atoms with van der Waals surface area (Å²) < 4.78 is 116. The minimum atomic E-state index is -5.21. The van der Waals surface area contributed by atoms with Crippen LogP contribution in [0.3, 0.4) is 0 Å². The Kier molecular flexibility index (Phi) is 10.9. The largest absolute Gasteiger partial charge is 0.505 e. The quantitative estimate of drug-likeness (QED) is 0.0702. The van der Waals surface area contributed by atoms with Crippen LogP contribution in [0.2, 0.25) is 0 Å². The highest BCUT2D eigenvalue weighted by Gasteiger charge is 2.28. The molecule has 18 nitrogen and oxygen atoms in total. The van der Waals surface area contributed by atoms with Gasteiger partial charge >= 0.3 is 0 Å². The summed E-state index contributed by atoms with van der Waals surface area (Å²) in [4.78, 5) is 10.4. The molecule has 6 N–H and O–H groups in total. The molecule has 0 aliphatic carbocycles. The maximum absolute atomic E-state index is 12.5. The summed E-state index contributed by atoms with van der Waals surface area (Å²) in [7, 11) is -17.7. The summed E-state index contributed by atoms with van der Waals surface area (Å²) in [5.41, 5.74) is 3.87. The second-order valence-corrected chi connectivity index (χ2v) is 16.9. The zero-order chi connectivity index (χ0) is 37.9. The second kappa shape index (κ2) is 14.5. The molecule has 0 atom stereocenters. The van der Waals surface area contributed by atoms with Crippen molar-refractivity contribution < 1.29 is 52.7 Å². The molecule has 0 aliphatic rings. The molecule has 4 aromatic carbocycles. The number of carbonyl (C=O) groups excluding carboxylic acids is 1. The fraction of sp³-hybridized carbons (Fsp3) is 0.0690. The van der Waals surface area contributed by atoms with Gasteiger partial charge in [0.15, 0.2) is 25.4 Å². The Morgan fingerprint density at radius 1 is 0.765 bits per heavy atom. The molecule has 0 bridgehead atoms. The number of carbonyl (C=O) groups is 1.